The highest BCUT2D eigenvalue weighted by Crippen LogP contribution is 2.22. The summed E-state index contributed by atoms with van der Waals surface area (Å²) in [4.78, 5) is 17.6. The number of carbonyl (C=O) groups is 1. The maximum atomic E-state index is 12.6. The van der Waals surface area contributed by atoms with Crippen molar-refractivity contribution in [1.82, 2.24) is 4.98 Å². The van der Waals surface area contributed by atoms with E-state index in [9.17, 15) is 4.79 Å². The van der Waals surface area contributed by atoms with Crippen LogP contribution in [0.1, 0.15) is 15.2 Å². The normalized spacial score (nSPS) is 10.3. The number of nitrogens with one attached hydrogen (secondary N) is 2. The Morgan fingerprint density at radius 3 is 2.84 bits per heavy atom. The number of amides is 1. The van der Waals surface area contributed by atoms with E-state index in [0.717, 1.165) is 10.6 Å². The van der Waals surface area contributed by atoms with E-state index in [4.69, 9.17) is 16.3 Å². The monoisotopic (exact) mass is 373 g/mol. The van der Waals surface area contributed by atoms with Crippen molar-refractivity contribution in [3.05, 3.63) is 69.6 Å². The van der Waals surface area contributed by atoms with Gasteiger partial charge in [0.05, 0.1) is 19.2 Å². The summed E-state index contributed by atoms with van der Waals surface area (Å²) in [5.74, 6) is 0.491. The van der Waals surface area contributed by atoms with E-state index in [-0.39, 0.29) is 5.91 Å². The van der Waals surface area contributed by atoms with Gasteiger partial charge in [-0.2, -0.15) is 0 Å². The number of aromatic nitrogens is 1. The summed E-state index contributed by atoms with van der Waals surface area (Å²) < 4.78 is 5.68. The summed E-state index contributed by atoms with van der Waals surface area (Å²) in [5.41, 5.74) is 1.97. The van der Waals surface area contributed by atoms with Gasteiger partial charge in [-0.1, -0.05) is 29.8 Å². The third-order valence-corrected chi connectivity index (χ3v) is 4.59. The molecule has 1 heterocycles. The average Bonchev–Trinajstić information content (AvgIpc) is 3.05. The van der Waals surface area contributed by atoms with Crippen molar-refractivity contribution < 1.29 is 9.53 Å². The van der Waals surface area contributed by atoms with Crippen molar-refractivity contribution in [1.29, 1.82) is 0 Å². The highest BCUT2D eigenvalue weighted by Gasteiger charge is 2.12. The van der Waals surface area contributed by atoms with Gasteiger partial charge in [-0.15, -0.1) is 11.3 Å². The Morgan fingerprint density at radius 2 is 2.08 bits per heavy atom. The molecule has 0 unspecified atom stereocenters. The molecule has 128 valence electrons. The molecule has 3 rings (SSSR count). The Hall–Kier alpha value is -2.57. The number of benzene rings is 2. The van der Waals surface area contributed by atoms with Crippen molar-refractivity contribution in [2.24, 2.45) is 0 Å². The van der Waals surface area contributed by atoms with E-state index in [0.29, 0.717) is 28.0 Å². The number of ether oxygens (including phenoxy) is 1. The van der Waals surface area contributed by atoms with Crippen LogP contribution in [0.4, 0.5) is 11.4 Å². The number of hydrogen-bond donors (Lipinski definition) is 2. The van der Waals surface area contributed by atoms with Crippen LogP contribution >= 0.6 is 22.9 Å². The maximum Gasteiger partial charge on any atom is 0.257 e. The molecule has 0 aliphatic carbocycles. The van der Waals surface area contributed by atoms with Crippen molar-refractivity contribution in [2.45, 2.75) is 6.54 Å². The third kappa shape index (κ3) is 4.49. The number of para-hydroxylation sites is 1. The Morgan fingerprint density at radius 1 is 1.24 bits per heavy atom. The van der Waals surface area contributed by atoms with Crippen LogP contribution in [0.2, 0.25) is 4.47 Å². The highest BCUT2D eigenvalue weighted by atomic mass is 35.5. The topological polar surface area (TPSA) is 63.2 Å². The van der Waals surface area contributed by atoms with Gasteiger partial charge >= 0.3 is 0 Å². The molecule has 7 heteroatoms. The van der Waals surface area contributed by atoms with E-state index < -0.39 is 0 Å². The van der Waals surface area contributed by atoms with Gasteiger partial charge in [-0.05, 0) is 24.3 Å². The first kappa shape index (κ1) is 17.3. The molecule has 1 aromatic heterocycles. The summed E-state index contributed by atoms with van der Waals surface area (Å²) in [6.07, 6.45) is 1.72. The van der Waals surface area contributed by atoms with E-state index >= 15 is 0 Å². The van der Waals surface area contributed by atoms with E-state index in [1.54, 1.807) is 25.4 Å². The lowest BCUT2D eigenvalue weighted by molar-refractivity contribution is 0.102. The number of thiazole rings is 1. The lowest BCUT2D eigenvalue weighted by atomic mass is 10.1. The molecule has 0 radical (unpaired) electrons. The Labute approximate surface area is 154 Å². The van der Waals surface area contributed by atoms with Gasteiger partial charge in [0.25, 0.3) is 5.91 Å². The SMILES string of the molecule is COc1cccc(NC(=O)c2ccccc2NCc2cnc(Cl)s2)c1. The summed E-state index contributed by atoms with van der Waals surface area (Å²) in [6.45, 7) is 0.549. The zero-order chi connectivity index (χ0) is 17.6. The molecule has 0 spiro atoms. The Bertz CT molecular complexity index is 882. The number of carbonyl (C=O) groups excluding carboxylic acids is 1. The molecule has 0 atom stereocenters. The first-order valence-corrected chi connectivity index (χ1v) is 8.73. The van der Waals surface area contributed by atoms with Crippen molar-refractivity contribution in [2.75, 3.05) is 17.7 Å². The lowest BCUT2D eigenvalue weighted by Gasteiger charge is -2.12. The second-order valence-corrected chi connectivity index (χ2v) is 6.86. The molecular formula is C18H16ClN3O2S. The molecule has 0 fully saturated rings. The number of halogens is 1. The van der Waals surface area contributed by atoms with Crippen molar-refractivity contribution >= 4 is 40.2 Å². The molecular weight excluding hydrogens is 358 g/mol. The van der Waals surface area contributed by atoms with Crippen LogP contribution in [0.5, 0.6) is 5.75 Å². The fourth-order valence-electron chi connectivity index (χ4n) is 2.28. The Kier molecular flexibility index (Phi) is 5.53. The molecule has 25 heavy (non-hydrogen) atoms. The fourth-order valence-corrected chi connectivity index (χ4v) is 3.20. The number of nitrogens with zero attached hydrogens (tertiary/aromatic N) is 1. The van der Waals surface area contributed by atoms with Crippen molar-refractivity contribution in [3.8, 4) is 5.75 Å². The molecule has 2 N–H and O–H groups in total. The zero-order valence-electron chi connectivity index (χ0n) is 13.5. The predicted octanol–water partition coefficient (Wildman–Crippen LogP) is 4.67. The van der Waals surface area contributed by atoms with E-state index in [1.165, 1.54) is 11.3 Å². The first-order chi connectivity index (χ1) is 12.2. The molecule has 3 aromatic rings. The maximum absolute atomic E-state index is 12.6. The highest BCUT2D eigenvalue weighted by molar-refractivity contribution is 7.15. The molecule has 0 saturated heterocycles. The minimum atomic E-state index is -0.196. The van der Waals surface area contributed by atoms with Crippen LogP contribution in [0, 0.1) is 0 Å². The van der Waals surface area contributed by atoms with Gasteiger partial charge in [0.15, 0.2) is 4.47 Å². The molecule has 0 saturated carbocycles. The van der Waals surface area contributed by atoms with Crippen LogP contribution in [-0.4, -0.2) is 18.0 Å². The van der Waals surface area contributed by atoms with Crippen LogP contribution in [0.25, 0.3) is 0 Å². The largest absolute Gasteiger partial charge is 0.497 e. The van der Waals surface area contributed by atoms with Gasteiger partial charge in [0.1, 0.15) is 5.75 Å². The number of methoxy groups -OCH3 is 1. The molecule has 0 bridgehead atoms. The summed E-state index contributed by atoms with van der Waals surface area (Å²) in [5, 5.41) is 6.14. The molecule has 1 amide bonds. The second-order valence-electron chi connectivity index (χ2n) is 5.16. The van der Waals surface area contributed by atoms with Gasteiger partial charge in [-0.25, -0.2) is 4.98 Å². The zero-order valence-corrected chi connectivity index (χ0v) is 15.0. The standard InChI is InChI=1S/C18H16ClN3O2S/c1-24-13-6-4-5-12(9-13)22-17(23)15-7-2-3-8-16(15)20-10-14-11-21-18(19)25-14/h2-9,11,20H,10H2,1H3,(H,22,23). The molecule has 0 aliphatic heterocycles. The lowest BCUT2D eigenvalue weighted by Crippen LogP contribution is -2.14. The number of anilines is 2. The summed E-state index contributed by atoms with van der Waals surface area (Å²) in [6, 6.07) is 14.6. The van der Waals surface area contributed by atoms with E-state index in [2.05, 4.69) is 15.6 Å². The number of rotatable bonds is 6. The average molecular weight is 374 g/mol. The van der Waals surface area contributed by atoms with Gasteiger partial charge in [0.2, 0.25) is 0 Å². The first-order valence-electron chi connectivity index (χ1n) is 7.54. The fraction of sp³-hybridized carbons (Fsp3) is 0.111. The minimum absolute atomic E-state index is 0.196. The quantitative estimate of drug-likeness (QED) is 0.659. The van der Waals surface area contributed by atoms with Gasteiger partial charge in [-0.3, -0.25) is 4.79 Å². The predicted molar refractivity (Wildman–Crippen MR) is 102 cm³/mol. The van der Waals surface area contributed by atoms with Crippen LogP contribution in [0.15, 0.2) is 54.7 Å². The number of hydrogen-bond acceptors (Lipinski definition) is 5. The molecule has 0 aliphatic rings. The van der Waals surface area contributed by atoms with Crippen LogP contribution < -0.4 is 15.4 Å². The molecule has 2 aromatic carbocycles. The van der Waals surface area contributed by atoms with Crippen molar-refractivity contribution in [3.63, 3.8) is 0 Å². The Balaban J connectivity index is 1.73. The summed E-state index contributed by atoms with van der Waals surface area (Å²) >= 11 is 7.25. The third-order valence-electron chi connectivity index (χ3n) is 3.48. The van der Waals surface area contributed by atoms with Gasteiger partial charge < -0.3 is 15.4 Å². The smallest absolute Gasteiger partial charge is 0.257 e. The molecule has 5 nitrogen and oxygen atoms in total. The second kappa shape index (κ2) is 8.00. The van der Waals surface area contributed by atoms with Crippen LogP contribution in [-0.2, 0) is 6.54 Å². The summed E-state index contributed by atoms with van der Waals surface area (Å²) in [7, 11) is 1.59. The minimum Gasteiger partial charge on any atom is -0.497 e. The van der Waals surface area contributed by atoms with Crippen LogP contribution in [0.3, 0.4) is 0 Å². The van der Waals surface area contributed by atoms with E-state index in [1.807, 2.05) is 36.4 Å². The van der Waals surface area contributed by atoms with Gasteiger partial charge in [0, 0.05) is 28.5 Å².